The number of nitrogens with one attached hydrogen (secondary N) is 1. The lowest BCUT2D eigenvalue weighted by Gasteiger charge is -2.31. The van der Waals surface area contributed by atoms with Gasteiger partial charge in [-0.3, -0.25) is 9.59 Å². The van der Waals surface area contributed by atoms with Crippen LogP contribution in [0.2, 0.25) is 5.02 Å². The van der Waals surface area contributed by atoms with E-state index in [2.05, 4.69) is 5.32 Å². The van der Waals surface area contributed by atoms with E-state index in [4.69, 9.17) is 16.3 Å². The number of hydrogen-bond donors (Lipinski definition) is 1. The Bertz CT molecular complexity index is 1070. The molecule has 0 unspecified atom stereocenters. The molecule has 6 heteroatoms. The Morgan fingerprint density at radius 3 is 2.35 bits per heavy atom. The quantitative estimate of drug-likeness (QED) is 0.412. The Morgan fingerprint density at radius 2 is 1.68 bits per heavy atom. The van der Waals surface area contributed by atoms with Crippen LogP contribution in [-0.2, 0) is 22.6 Å². The lowest BCUT2D eigenvalue weighted by molar-refractivity contribution is -0.142. The molecule has 2 amide bonds. The van der Waals surface area contributed by atoms with Crippen molar-refractivity contribution in [1.82, 2.24) is 10.2 Å². The van der Waals surface area contributed by atoms with Crippen molar-refractivity contribution in [2.45, 2.75) is 39.3 Å². The van der Waals surface area contributed by atoms with Crippen molar-refractivity contribution in [2.75, 3.05) is 13.2 Å². The smallest absolute Gasteiger partial charge is 0.261 e. The molecule has 0 aromatic heterocycles. The predicted molar refractivity (Wildman–Crippen MR) is 136 cm³/mol. The van der Waals surface area contributed by atoms with Crippen molar-refractivity contribution in [1.29, 1.82) is 0 Å². The first-order valence-corrected chi connectivity index (χ1v) is 11.9. The van der Waals surface area contributed by atoms with E-state index in [9.17, 15) is 9.59 Å². The maximum absolute atomic E-state index is 13.5. The van der Waals surface area contributed by atoms with Crippen LogP contribution in [0.1, 0.15) is 30.0 Å². The van der Waals surface area contributed by atoms with Crippen LogP contribution < -0.4 is 10.1 Å². The average molecular weight is 479 g/mol. The van der Waals surface area contributed by atoms with Gasteiger partial charge < -0.3 is 15.0 Å². The second-order valence-corrected chi connectivity index (χ2v) is 8.69. The normalized spacial score (nSPS) is 11.5. The number of halogens is 1. The van der Waals surface area contributed by atoms with Crippen LogP contribution in [0.15, 0.2) is 78.9 Å². The number of nitrogens with zero attached hydrogens (tertiary/aromatic N) is 1. The van der Waals surface area contributed by atoms with Crippen molar-refractivity contribution < 1.29 is 14.3 Å². The summed E-state index contributed by atoms with van der Waals surface area (Å²) in [4.78, 5) is 28.4. The number of amides is 2. The van der Waals surface area contributed by atoms with Gasteiger partial charge in [0.25, 0.3) is 5.91 Å². The summed E-state index contributed by atoms with van der Waals surface area (Å²) in [6.45, 7) is 4.69. The average Bonchev–Trinajstić information content (AvgIpc) is 2.85. The Balaban J connectivity index is 1.88. The van der Waals surface area contributed by atoms with E-state index in [0.29, 0.717) is 30.3 Å². The van der Waals surface area contributed by atoms with Gasteiger partial charge >= 0.3 is 0 Å². The molecule has 0 saturated carbocycles. The SMILES string of the molecule is CCCNC(=O)[C@@H](Cc1ccccc1)N(Cc1cccc(C)c1)C(=O)COc1ccc(Cl)cc1. The molecule has 0 fully saturated rings. The van der Waals surface area contributed by atoms with Crippen LogP contribution in [0.25, 0.3) is 0 Å². The largest absolute Gasteiger partial charge is 0.484 e. The number of carbonyl (C=O) groups excluding carboxylic acids is 2. The summed E-state index contributed by atoms with van der Waals surface area (Å²) in [6, 6.07) is 23.9. The van der Waals surface area contributed by atoms with Gasteiger partial charge in [-0.05, 0) is 48.7 Å². The van der Waals surface area contributed by atoms with Crippen LogP contribution >= 0.6 is 11.6 Å². The third kappa shape index (κ3) is 7.63. The standard InChI is InChI=1S/C28H31ClN2O3/c1-3-16-30-28(33)26(18-22-9-5-4-6-10-22)31(19-23-11-7-8-21(2)17-23)27(32)20-34-25-14-12-24(29)13-15-25/h4-15,17,26H,3,16,18-20H2,1-2H3,(H,30,33)/t26-/m1/s1. The van der Waals surface area contributed by atoms with Crippen molar-refractivity contribution >= 4 is 23.4 Å². The van der Waals surface area contributed by atoms with Crippen LogP contribution in [-0.4, -0.2) is 35.9 Å². The van der Waals surface area contributed by atoms with Crippen LogP contribution in [0, 0.1) is 6.92 Å². The lowest BCUT2D eigenvalue weighted by atomic mass is 10.0. The monoisotopic (exact) mass is 478 g/mol. The van der Waals surface area contributed by atoms with E-state index < -0.39 is 6.04 Å². The highest BCUT2D eigenvalue weighted by atomic mass is 35.5. The van der Waals surface area contributed by atoms with E-state index in [0.717, 1.165) is 23.1 Å². The first kappa shape index (κ1) is 25.3. The third-order valence-corrected chi connectivity index (χ3v) is 5.68. The van der Waals surface area contributed by atoms with E-state index in [-0.39, 0.29) is 18.4 Å². The summed E-state index contributed by atoms with van der Waals surface area (Å²) in [5, 5.41) is 3.57. The fourth-order valence-electron chi connectivity index (χ4n) is 3.69. The zero-order valence-electron chi connectivity index (χ0n) is 19.7. The number of carbonyl (C=O) groups is 2. The molecule has 34 heavy (non-hydrogen) atoms. The highest BCUT2D eigenvalue weighted by Crippen LogP contribution is 2.18. The molecule has 0 aliphatic heterocycles. The fraction of sp³-hybridized carbons (Fsp3) is 0.286. The Morgan fingerprint density at radius 1 is 0.971 bits per heavy atom. The zero-order valence-corrected chi connectivity index (χ0v) is 20.4. The minimum atomic E-state index is -0.671. The molecule has 1 atom stereocenters. The van der Waals surface area contributed by atoms with Gasteiger partial charge in [0.1, 0.15) is 11.8 Å². The van der Waals surface area contributed by atoms with Gasteiger partial charge in [0.05, 0.1) is 0 Å². The summed E-state index contributed by atoms with van der Waals surface area (Å²) >= 11 is 5.95. The van der Waals surface area contributed by atoms with E-state index >= 15 is 0 Å². The predicted octanol–water partition coefficient (Wildman–Crippen LogP) is 5.19. The maximum Gasteiger partial charge on any atom is 0.261 e. The number of aryl methyl sites for hydroxylation is 1. The Kier molecular flexibility index (Phi) is 9.53. The second kappa shape index (κ2) is 12.8. The molecular formula is C28H31ClN2O3. The lowest BCUT2D eigenvalue weighted by Crippen LogP contribution is -2.51. The molecule has 3 rings (SSSR count). The van der Waals surface area contributed by atoms with Gasteiger partial charge in [0, 0.05) is 24.5 Å². The summed E-state index contributed by atoms with van der Waals surface area (Å²) in [6.07, 6.45) is 1.23. The van der Waals surface area contributed by atoms with E-state index in [1.54, 1.807) is 29.2 Å². The highest BCUT2D eigenvalue weighted by Gasteiger charge is 2.30. The summed E-state index contributed by atoms with van der Waals surface area (Å²) in [5.41, 5.74) is 3.04. The van der Waals surface area contributed by atoms with Gasteiger partial charge in [-0.15, -0.1) is 0 Å². The first-order valence-electron chi connectivity index (χ1n) is 11.5. The molecule has 0 radical (unpaired) electrons. The fourth-order valence-corrected chi connectivity index (χ4v) is 3.81. The van der Waals surface area contributed by atoms with Crippen molar-refractivity contribution in [3.63, 3.8) is 0 Å². The molecule has 178 valence electrons. The van der Waals surface area contributed by atoms with Crippen molar-refractivity contribution in [3.05, 3.63) is 101 Å². The third-order valence-electron chi connectivity index (χ3n) is 5.43. The molecule has 0 bridgehead atoms. The molecular weight excluding hydrogens is 448 g/mol. The molecule has 3 aromatic carbocycles. The highest BCUT2D eigenvalue weighted by molar-refractivity contribution is 6.30. The van der Waals surface area contributed by atoms with Crippen molar-refractivity contribution in [3.8, 4) is 5.75 Å². The summed E-state index contributed by atoms with van der Waals surface area (Å²) < 4.78 is 5.74. The van der Waals surface area contributed by atoms with Gasteiger partial charge in [-0.25, -0.2) is 0 Å². The van der Waals surface area contributed by atoms with Gasteiger partial charge in [-0.2, -0.15) is 0 Å². The number of rotatable bonds is 11. The summed E-state index contributed by atoms with van der Waals surface area (Å²) in [7, 11) is 0. The Hall–Kier alpha value is -3.31. The maximum atomic E-state index is 13.5. The molecule has 0 spiro atoms. The van der Waals surface area contributed by atoms with Gasteiger partial charge in [0.2, 0.25) is 5.91 Å². The molecule has 0 aliphatic rings. The van der Waals surface area contributed by atoms with E-state index in [1.807, 2.05) is 68.4 Å². The van der Waals surface area contributed by atoms with Crippen LogP contribution in [0.5, 0.6) is 5.75 Å². The van der Waals surface area contributed by atoms with Gasteiger partial charge in [0.15, 0.2) is 6.61 Å². The number of benzene rings is 3. The molecule has 3 aromatic rings. The molecule has 5 nitrogen and oxygen atoms in total. The molecule has 0 heterocycles. The van der Waals surface area contributed by atoms with Gasteiger partial charge in [-0.1, -0.05) is 78.7 Å². The summed E-state index contributed by atoms with van der Waals surface area (Å²) in [5.74, 6) is 0.116. The van der Waals surface area contributed by atoms with Crippen molar-refractivity contribution in [2.24, 2.45) is 0 Å². The number of hydrogen-bond acceptors (Lipinski definition) is 3. The topological polar surface area (TPSA) is 58.6 Å². The van der Waals surface area contributed by atoms with Crippen LogP contribution in [0.3, 0.4) is 0 Å². The minimum Gasteiger partial charge on any atom is -0.484 e. The molecule has 1 N–H and O–H groups in total. The minimum absolute atomic E-state index is 0.168. The zero-order chi connectivity index (χ0) is 24.3. The molecule has 0 aliphatic carbocycles. The van der Waals surface area contributed by atoms with Crippen LogP contribution in [0.4, 0.5) is 0 Å². The number of ether oxygens (including phenoxy) is 1. The first-order chi connectivity index (χ1) is 16.5. The second-order valence-electron chi connectivity index (χ2n) is 8.25. The molecule has 0 saturated heterocycles. The van der Waals surface area contributed by atoms with E-state index in [1.165, 1.54) is 0 Å². The Labute approximate surface area is 206 Å².